The van der Waals surface area contributed by atoms with Crippen molar-refractivity contribution in [3.8, 4) is 0 Å². The lowest BCUT2D eigenvalue weighted by molar-refractivity contribution is -0.276. The molecule has 6 atom stereocenters. The third kappa shape index (κ3) is 7.65. The molecule has 0 aromatic heterocycles. The number of benzene rings is 4. The van der Waals surface area contributed by atoms with Crippen molar-refractivity contribution >= 4 is 18.7 Å². The molecule has 4 aromatic rings. The van der Waals surface area contributed by atoms with Crippen molar-refractivity contribution < 1.29 is 23.4 Å². The molecule has 0 aliphatic carbocycles. The highest BCUT2D eigenvalue weighted by Gasteiger charge is 2.70. The first-order valence-corrected chi connectivity index (χ1v) is 20.1. The normalized spacial score (nSPS) is 24.5. The standard InChI is InChI=1S/C43H54O5Si/c1-6-20-35(32-46-49(42(3,4)5,36-25-16-10-17-26-36)37-27-18-11-19-28-37)38-29-40(44-30-33-21-12-8-13-22-33)43(39(7-2)48-43)41(47-38)45-31-34-23-14-9-15-24-34/h8-19,21-28,35,38-41H,6-7,20,29-32H2,1-5H3/t35-,38-,39+,40-,41-,43-/m0/s1. The van der Waals surface area contributed by atoms with Crippen molar-refractivity contribution in [2.45, 2.75) is 109 Å². The molecule has 2 aliphatic rings. The Balaban J connectivity index is 1.32. The van der Waals surface area contributed by atoms with Crippen LogP contribution in [0.1, 0.15) is 71.4 Å². The van der Waals surface area contributed by atoms with Crippen molar-refractivity contribution in [1.29, 1.82) is 0 Å². The molecular weight excluding hydrogens is 625 g/mol. The molecule has 0 radical (unpaired) electrons. The lowest BCUT2D eigenvalue weighted by Gasteiger charge is -2.46. The van der Waals surface area contributed by atoms with Gasteiger partial charge in [0.05, 0.1) is 31.5 Å². The Labute approximate surface area is 295 Å². The molecule has 49 heavy (non-hydrogen) atoms. The monoisotopic (exact) mass is 678 g/mol. The highest BCUT2D eigenvalue weighted by Crippen LogP contribution is 2.53. The van der Waals surface area contributed by atoms with Gasteiger partial charge in [-0.2, -0.15) is 0 Å². The fourth-order valence-corrected chi connectivity index (χ4v) is 12.5. The minimum Gasteiger partial charge on any atom is -0.407 e. The molecule has 2 heterocycles. The fraction of sp³-hybridized carbons (Fsp3) is 0.442. The van der Waals surface area contributed by atoms with E-state index in [4.69, 9.17) is 23.4 Å². The summed E-state index contributed by atoms with van der Waals surface area (Å²) in [6.45, 7) is 13.0. The van der Waals surface area contributed by atoms with Crippen LogP contribution in [0.5, 0.6) is 0 Å². The quantitative estimate of drug-likeness (QED) is 0.0933. The maximum atomic E-state index is 7.52. The molecule has 1 spiro atoms. The van der Waals surface area contributed by atoms with E-state index in [0.29, 0.717) is 19.8 Å². The number of hydrogen-bond acceptors (Lipinski definition) is 5. The summed E-state index contributed by atoms with van der Waals surface area (Å²) < 4.78 is 34.7. The van der Waals surface area contributed by atoms with E-state index in [2.05, 4.69) is 132 Å². The fourth-order valence-electron chi connectivity index (χ4n) is 7.90. The zero-order chi connectivity index (χ0) is 34.3. The summed E-state index contributed by atoms with van der Waals surface area (Å²) in [6.07, 6.45) is 2.78. The maximum absolute atomic E-state index is 7.52. The van der Waals surface area contributed by atoms with Crippen LogP contribution in [-0.2, 0) is 36.6 Å². The van der Waals surface area contributed by atoms with E-state index in [9.17, 15) is 0 Å². The van der Waals surface area contributed by atoms with Crippen molar-refractivity contribution in [3.63, 3.8) is 0 Å². The van der Waals surface area contributed by atoms with Crippen LogP contribution in [0.3, 0.4) is 0 Å². The molecule has 5 nitrogen and oxygen atoms in total. The number of ether oxygens (including phenoxy) is 4. The molecule has 2 saturated heterocycles. The first-order valence-electron chi connectivity index (χ1n) is 18.2. The Morgan fingerprint density at radius 2 is 1.24 bits per heavy atom. The Kier molecular flexibility index (Phi) is 11.5. The highest BCUT2D eigenvalue weighted by molar-refractivity contribution is 6.99. The SMILES string of the molecule is CCC[C@@H](CO[Si](c1ccccc1)(c1ccccc1)C(C)(C)C)[C@@H]1C[C@H](OCc2ccccc2)[C@]2(O[C@@H]2CC)[C@@H](OCc2ccccc2)O1. The van der Waals surface area contributed by atoms with Gasteiger partial charge in [0, 0.05) is 18.9 Å². The molecule has 6 rings (SSSR count). The van der Waals surface area contributed by atoms with Crippen LogP contribution in [0.25, 0.3) is 0 Å². The molecule has 2 fully saturated rings. The summed E-state index contributed by atoms with van der Waals surface area (Å²) in [5, 5.41) is 2.47. The van der Waals surface area contributed by atoms with Gasteiger partial charge in [0.1, 0.15) is 0 Å². The van der Waals surface area contributed by atoms with Gasteiger partial charge in [-0.25, -0.2) is 0 Å². The summed E-state index contributed by atoms with van der Waals surface area (Å²) in [7, 11) is -2.73. The minimum atomic E-state index is -2.73. The zero-order valence-corrected chi connectivity index (χ0v) is 30.9. The van der Waals surface area contributed by atoms with E-state index in [1.807, 2.05) is 24.3 Å². The van der Waals surface area contributed by atoms with Gasteiger partial charge in [-0.3, -0.25) is 0 Å². The second-order valence-corrected chi connectivity index (χ2v) is 19.0. The largest absolute Gasteiger partial charge is 0.407 e. The van der Waals surface area contributed by atoms with E-state index >= 15 is 0 Å². The van der Waals surface area contributed by atoms with Crippen LogP contribution in [-0.4, -0.2) is 45.1 Å². The summed E-state index contributed by atoms with van der Waals surface area (Å²) in [5.41, 5.74) is 1.62. The molecule has 0 bridgehead atoms. The van der Waals surface area contributed by atoms with Gasteiger partial charge in [0.25, 0.3) is 8.32 Å². The van der Waals surface area contributed by atoms with Gasteiger partial charge in [0.15, 0.2) is 11.9 Å². The summed E-state index contributed by atoms with van der Waals surface area (Å²) >= 11 is 0. The molecule has 2 aliphatic heterocycles. The molecule has 4 aromatic carbocycles. The number of epoxide rings is 1. The second kappa shape index (κ2) is 15.8. The summed E-state index contributed by atoms with van der Waals surface area (Å²) in [5.74, 6) is 0.147. The Bertz CT molecular complexity index is 1470. The molecule has 0 saturated carbocycles. The third-order valence-corrected chi connectivity index (χ3v) is 15.4. The van der Waals surface area contributed by atoms with Crippen molar-refractivity contribution in [2.75, 3.05) is 6.61 Å². The maximum Gasteiger partial charge on any atom is 0.261 e. The van der Waals surface area contributed by atoms with Gasteiger partial charge in [-0.05, 0) is 39.4 Å². The van der Waals surface area contributed by atoms with E-state index < -0.39 is 20.2 Å². The van der Waals surface area contributed by atoms with Crippen LogP contribution in [0.2, 0.25) is 5.04 Å². The molecule has 0 unspecified atom stereocenters. The lowest BCUT2D eigenvalue weighted by atomic mass is 9.83. The predicted molar refractivity (Wildman–Crippen MR) is 199 cm³/mol. The molecule has 0 amide bonds. The lowest BCUT2D eigenvalue weighted by Crippen LogP contribution is -2.67. The zero-order valence-electron chi connectivity index (χ0n) is 29.9. The van der Waals surface area contributed by atoms with Crippen LogP contribution in [0, 0.1) is 5.92 Å². The average Bonchev–Trinajstić information content (AvgIpc) is 3.86. The van der Waals surface area contributed by atoms with Crippen molar-refractivity contribution in [3.05, 3.63) is 132 Å². The summed E-state index contributed by atoms with van der Waals surface area (Å²) in [4.78, 5) is 0. The number of rotatable bonds is 15. The number of hydrogen-bond donors (Lipinski definition) is 0. The topological polar surface area (TPSA) is 49.5 Å². The Morgan fingerprint density at radius 3 is 1.71 bits per heavy atom. The predicted octanol–water partition coefficient (Wildman–Crippen LogP) is 8.44. The molecule has 6 heteroatoms. The smallest absolute Gasteiger partial charge is 0.261 e. The molecule has 260 valence electrons. The van der Waals surface area contributed by atoms with Crippen LogP contribution < -0.4 is 10.4 Å². The van der Waals surface area contributed by atoms with Crippen LogP contribution in [0.15, 0.2) is 121 Å². The van der Waals surface area contributed by atoms with Gasteiger partial charge in [0.2, 0.25) is 0 Å². The van der Waals surface area contributed by atoms with Crippen LogP contribution >= 0.6 is 0 Å². The van der Waals surface area contributed by atoms with E-state index in [0.717, 1.165) is 36.8 Å². The first-order chi connectivity index (χ1) is 23.8. The second-order valence-electron chi connectivity index (χ2n) is 14.7. The first kappa shape index (κ1) is 35.7. The Morgan fingerprint density at radius 1 is 0.735 bits per heavy atom. The third-order valence-electron chi connectivity index (χ3n) is 10.4. The van der Waals surface area contributed by atoms with E-state index in [1.165, 1.54) is 10.4 Å². The van der Waals surface area contributed by atoms with E-state index in [1.54, 1.807) is 0 Å². The van der Waals surface area contributed by atoms with Crippen LogP contribution in [0.4, 0.5) is 0 Å². The van der Waals surface area contributed by atoms with Gasteiger partial charge < -0.3 is 23.4 Å². The minimum absolute atomic E-state index is 0.0213. The van der Waals surface area contributed by atoms with E-state index in [-0.39, 0.29) is 29.3 Å². The highest BCUT2D eigenvalue weighted by atomic mass is 28.4. The van der Waals surface area contributed by atoms with Crippen molar-refractivity contribution in [2.24, 2.45) is 5.92 Å². The average molecular weight is 679 g/mol. The Hall–Kier alpha value is -3.10. The van der Waals surface area contributed by atoms with Gasteiger partial charge in [-0.15, -0.1) is 0 Å². The van der Waals surface area contributed by atoms with Gasteiger partial charge in [-0.1, -0.05) is 162 Å². The van der Waals surface area contributed by atoms with Crippen molar-refractivity contribution in [1.82, 2.24) is 0 Å². The molecular formula is C43H54O5Si. The van der Waals surface area contributed by atoms with Gasteiger partial charge >= 0.3 is 0 Å². The molecule has 0 N–H and O–H groups in total. The summed E-state index contributed by atoms with van der Waals surface area (Å²) in [6, 6.07) is 42.5.